The van der Waals surface area contributed by atoms with Gasteiger partial charge in [-0.15, -0.1) is 0 Å². The number of nitrogens with two attached hydrogens (primary N) is 1. The van der Waals surface area contributed by atoms with Gasteiger partial charge in [0.05, 0.1) is 4.90 Å². The third-order valence-corrected chi connectivity index (χ3v) is 4.78. The van der Waals surface area contributed by atoms with E-state index in [1.165, 1.54) is 4.31 Å². The number of benzene rings is 1. The third kappa shape index (κ3) is 2.77. The van der Waals surface area contributed by atoms with Crippen LogP contribution in [0.2, 0.25) is 0 Å². The molecule has 1 saturated carbocycles. The van der Waals surface area contributed by atoms with Crippen LogP contribution in [0.5, 0.6) is 0 Å². The molecule has 1 aliphatic carbocycles. The second-order valence-corrected chi connectivity index (χ2v) is 6.44. The van der Waals surface area contributed by atoms with Gasteiger partial charge >= 0.3 is 0 Å². The van der Waals surface area contributed by atoms with Crippen molar-refractivity contribution >= 4 is 15.7 Å². The number of rotatable bonds is 5. The van der Waals surface area contributed by atoms with Crippen LogP contribution in [0.3, 0.4) is 0 Å². The number of sulfonamides is 1. The Morgan fingerprint density at radius 2 is 1.94 bits per heavy atom. The Hall–Kier alpha value is -1.11. The van der Waals surface area contributed by atoms with Crippen molar-refractivity contribution in [2.45, 2.75) is 17.7 Å². The predicted molar refractivity (Wildman–Crippen MR) is 66.8 cm³/mol. The zero-order valence-corrected chi connectivity index (χ0v) is 10.6. The monoisotopic (exact) mass is 255 g/mol. The molecule has 0 atom stereocenters. The molecule has 0 saturated heterocycles. The zero-order chi connectivity index (χ0) is 12.5. The first-order valence-corrected chi connectivity index (χ1v) is 7.01. The second-order valence-electron chi connectivity index (χ2n) is 4.40. The molecular weight excluding hydrogens is 238 g/mol. The van der Waals surface area contributed by atoms with Gasteiger partial charge in [0.15, 0.2) is 0 Å². The first-order valence-electron chi connectivity index (χ1n) is 5.57. The maximum absolute atomic E-state index is 12.2. The van der Waals surface area contributed by atoms with E-state index in [0.717, 1.165) is 12.8 Å². The maximum Gasteiger partial charge on any atom is 0.242 e. The van der Waals surface area contributed by atoms with E-state index < -0.39 is 10.0 Å². The van der Waals surface area contributed by atoms with Crippen LogP contribution in [0.1, 0.15) is 12.8 Å². The quantitative estimate of drug-likeness (QED) is 0.608. The van der Waals surface area contributed by atoms with Crippen molar-refractivity contribution in [3.8, 4) is 0 Å². The van der Waals surface area contributed by atoms with E-state index >= 15 is 0 Å². The summed E-state index contributed by atoms with van der Waals surface area (Å²) in [6.45, 7) is 0.610. The summed E-state index contributed by atoms with van der Waals surface area (Å²) in [6, 6.07) is 6.43. The minimum Gasteiger partial charge on any atom is -0.324 e. The highest BCUT2D eigenvalue weighted by Crippen LogP contribution is 2.31. The van der Waals surface area contributed by atoms with Crippen LogP contribution in [-0.2, 0) is 10.0 Å². The number of nitrogens with one attached hydrogen (secondary N) is 1. The van der Waals surface area contributed by atoms with Crippen LogP contribution in [0, 0.1) is 5.92 Å². The molecule has 2 rings (SSSR count). The van der Waals surface area contributed by atoms with E-state index in [0.29, 0.717) is 23.0 Å². The van der Waals surface area contributed by atoms with Crippen molar-refractivity contribution in [1.82, 2.24) is 4.31 Å². The van der Waals surface area contributed by atoms with Gasteiger partial charge in [0.1, 0.15) is 0 Å². The molecule has 5 nitrogen and oxygen atoms in total. The van der Waals surface area contributed by atoms with Crippen LogP contribution >= 0.6 is 0 Å². The molecule has 1 fully saturated rings. The maximum atomic E-state index is 12.2. The smallest absolute Gasteiger partial charge is 0.242 e. The Bertz CT molecular complexity index is 480. The van der Waals surface area contributed by atoms with Gasteiger partial charge in [0.25, 0.3) is 0 Å². The van der Waals surface area contributed by atoms with E-state index in [1.54, 1.807) is 31.3 Å². The van der Waals surface area contributed by atoms with Gasteiger partial charge < -0.3 is 5.43 Å². The molecule has 0 radical (unpaired) electrons. The van der Waals surface area contributed by atoms with Crippen molar-refractivity contribution in [3.05, 3.63) is 24.3 Å². The molecule has 17 heavy (non-hydrogen) atoms. The van der Waals surface area contributed by atoms with Gasteiger partial charge in [-0.2, -0.15) is 0 Å². The van der Waals surface area contributed by atoms with Crippen LogP contribution in [0.4, 0.5) is 5.69 Å². The summed E-state index contributed by atoms with van der Waals surface area (Å²) in [7, 11) is -1.73. The summed E-state index contributed by atoms with van der Waals surface area (Å²) in [4.78, 5) is 0.305. The summed E-state index contributed by atoms with van der Waals surface area (Å²) in [5.74, 6) is 5.77. The van der Waals surface area contributed by atoms with E-state index in [9.17, 15) is 8.42 Å². The third-order valence-electron chi connectivity index (χ3n) is 2.94. The number of anilines is 1. The number of nitrogen functional groups attached to an aromatic ring is 1. The molecule has 1 aliphatic rings. The molecule has 0 unspecified atom stereocenters. The highest BCUT2D eigenvalue weighted by molar-refractivity contribution is 7.89. The summed E-state index contributed by atoms with van der Waals surface area (Å²) >= 11 is 0. The first kappa shape index (κ1) is 12.3. The minimum absolute atomic E-state index is 0.305. The molecule has 0 aromatic heterocycles. The molecule has 0 spiro atoms. The molecular formula is C11H17N3O2S. The Morgan fingerprint density at radius 1 is 1.35 bits per heavy atom. The Labute approximate surface area is 102 Å². The Kier molecular flexibility index (Phi) is 3.37. The second kappa shape index (κ2) is 4.64. The fourth-order valence-electron chi connectivity index (χ4n) is 1.67. The molecule has 0 aliphatic heterocycles. The van der Waals surface area contributed by atoms with Gasteiger partial charge in [0, 0.05) is 19.3 Å². The highest BCUT2D eigenvalue weighted by Gasteiger charge is 2.28. The van der Waals surface area contributed by atoms with Crippen LogP contribution in [0.25, 0.3) is 0 Å². The SMILES string of the molecule is CN(CC1CC1)S(=O)(=O)c1ccc(NN)cc1. The summed E-state index contributed by atoms with van der Waals surface area (Å²) in [6.07, 6.45) is 2.27. The number of hydrogen-bond donors (Lipinski definition) is 2. The standard InChI is InChI=1S/C11H17N3O2S/c1-14(8-9-2-3-9)17(15,16)11-6-4-10(13-12)5-7-11/h4-7,9,13H,2-3,8,12H2,1H3. The first-order chi connectivity index (χ1) is 8.04. The van der Waals surface area contributed by atoms with E-state index in [2.05, 4.69) is 5.43 Å². The van der Waals surface area contributed by atoms with Crippen molar-refractivity contribution in [2.75, 3.05) is 19.0 Å². The van der Waals surface area contributed by atoms with Gasteiger partial charge in [-0.25, -0.2) is 12.7 Å². The predicted octanol–water partition coefficient (Wildman–Crippen LogP) is 1.00. The fourth-order valence-corrected chi connectivity index (χ4v) is 2.91. The molecule has 0 bridgehead atoms. The average Bonchev–Trinajstić information content (AvgIpc) is 3.13. The molecule has 3 N–H and O–H groups in total. The van der Waals surface area contributed by atoms with Crippen LogP contribution < -0.4 is 11.3 Å². The van der Waals surface area contributed by atoms with Crippen molar-refractivity contribution < 1.29 is 8.42 Å². The summed E-state index contributed by atoms with van der Waals surface area (Å²) < 4.78 is 25.8. The number of hydrazine groups is 1. The van der Waals surface area contributed by atoms with E-state index in [1.807, 2.05) is 0 Å². The lowest BCUT2D eigenvalue weighted by Crippen LogP contribution is -2.28. The Morgan fingerprint density at radius 3 is 2.41 bits per heavy atom. The van der Waals surface area contributed by atoms with E-state index in [4.69, 9.17) is 5.84 Å². The lowest BCUT2D eigenvalue weighted by Gasteiger charge is -2.16. The van der Waals surface area contributed by atoms with E-state index in [-0.39, 0.29) is 0 Å². The molecule has 0 heterocycles. The van der Waals surface area contributed by atoms with Gasteiger partial charge in [-0.1, -0.05) is 0 Å². The molecule has 1 aromatic rings. The minimum atomic E-state index is -3.35. The van der Waals surface area contributed by atoms with Crippen molar-refractivity contribution in [2.24, 2.45) is 11.8 Å². The van der Waals surface area contributed by atoms with Crippen LogP contribution in [0.15, 0.2) is 29.2 Å². The van der Waals surface area contributed by atoms with Gasteiger partial charge in [-0.05, 0) is 43.0 Å². The highest BCUT2D eigenvalue weighted by atomic mass is 32.2. The normalized spacial score (nSPS) is 16.2. The van der Waals surface area contributed by atoms with Crippen molar-refractivity contribution in [3.63, 3.8) is 0 Å². The molecule has 0 amide bonds. The van der Waals surface area contributed by atoms with Gasteiger partial charge in [0.2, 0.25) is 10.0 Å². The molecule has 6 heteroatoms. The Balaban J connectivity index is 2.17. The number of hydrogen-bond acceptors (Lipinski definition) is 4. The molecule has 94 valence electrons. The topological polar surface area (TPSA) is 75.4 Å². The average molecular weight is 255 g/mol. The van der Waals surface area contributed by atoms with Crippen molar-refractivity contribution in [1.29, 1.82) is 0 Å². The molecule has 1 aromatic carbocycles. The summed E-state index contributed by atoms with van der Waals surface area (Å²) in [5, 5.41) is 0. The lowest BCUT2D eigenvalue weighted by molar-refractivity contribution is 0.453. The summed E-state index contributed by atoms with van der Waals surface area (Å²) in [5.41, 5.74) is 3.16. The van der Waals surface area contributed by atoms with Crippen LogP contribution in [-0.4, -0.2) is 26.3 Å². The lowest BCUT2D eigenvalue weighted by atomic mass is 10.3. The van der Waals surface area contributed by atoms with Gasteiger partial charge in [-0.3, -0.25) is 5.84 Å². The fraction of sp³-hybridized carbons (Fsp3) is 0.455. The zero-order valence-electron chi connectivity index (χ0n) is 9.76. The largest absolute Gasteiger partial charge is 0.324 e. The number of nitrogens with zero attached hydrogens (tertiary/aromatic N) is 1.